The molecule has 0 saturated carbocycles. The zero-order chi connectivity index (χ0) is 11.5. The Morgan fingerprint density at radius 3 is 2.81 bits per heavy atom. The van der Waals surface area contributed by atoms with Crippen LogP contribution in [-0.4, -0.2) is 17.1 Å². The summed E-state index contributed by atoms with van der Waals surface area (Å²) in [6.07, 6.45) is 1.63. The predicted molar refractivity (Wildman–Crippen MR) is 71.7 cm³/mol. The summed E-state index contributed by atoms with van der Waals surface area (Å²) in [4.78, 5) is 8.00. The highest BCUT2D eigenvalue weighted by Crippen LogP contribution is 2.30. The fraction of sp³-hybridized carbons (Fsp3) is 0.0909. The van der Waals surface area contributed by atoms with E-state index < -0.39 is 0 Å². The molecule has 0 spiro atoms. The van der Waals surface area contributed by atoms with E-state index in [0.29, 0.717) is 0 Å². The number of aromatic nitrogens is 2. The van der Waals surface area contributed by atoms with E-state index >= 15 is 0 Å². The SMILES string of the molecule is COc1cc(I)ccc1-c1ccnc(Cl)n1. The van der Waals surface area contributed by atoms with E-state index in [0.717, 1.165) is 20.6 Å². The molecule has 5 heteroatoms. The first-order valence-electron chi connectivity index (χ1n) is 4.53. The first-order valence-corrected chi connectivity index (χ1v) is 5.99. The minimum absolute atomic E-state index is 0.234. The molecule has 1 aromatic heterocycles. The van der Waals surface area contributed by atoms with Gasteiger partial charge in [-0.05, 0) is 58.5 Å². The van der Waals surface area contributed by atoms with Gasteiger partial charge in [0.05, 0.1) is 12.8 Å². The lowest BCUT2D eigenvalue weighted by Crippen LogP contribution is -1.92. The number of methoxy groups -OCH3 is 1. The maximum Gasteiger partial charge on any atom is 0.222 e. The number of rotatable bonds is 2. The Morgan fingerprint density at radius 2 is 2.12 bits per heavy atom. The highest BCUT2D eigenvalue weighted by molar-refractivity contribution is 14.1. The first-order chi connectivity index (χ1) is 7.70. The van der Waals surface area contributed by atoms with Gasteiger partial charge in [0.15, 0.2) is 0 Å². The van der Waals surface area contributed by atoms with Gasteiger partial charge in [-0.1, -0.05) is 0 Å². The summed E-state index contributed by atoms with van der Waals surface area (Å²) < 4.78 is 6.42. The first kappa shape index (κ1) is 11.6. The van der Waals surface area contributed by atoms with Crippen LogP contribution in [0.4, 0.5) is 0 Å². The van der Waals surface area contributed by atoms with E-state index in [1.807, 2.05) is 18.2 Å². The average molecular weight is 347 g/mol. The van der Waals surface area contributed by atoms with Crippen LogP contribution in [0, 0.1) is 3.57 Å². The van der Waals surface area contributed by atoms with Crippen LogP contribution in [0.2, 0.25) is 5.28 Å². The molecule has 0 unspecified atom stereocenters. The summed E-state index contributed by atoms with van der Waals surface area (Å²) in [7, 11) is 1.64. The zero-order valence-electron chi connectivity index (χ0n) is 8.45. The number of benzene rings is 1. The van der Waals surface area contributed by atoms with Gasteiger partial charge < -0.3 is 4.74 Å². The van der Waals surface area contributed by atoms with Crippen LogP contribution in [0.3, 0.4) is 0 Å². The van der Waals surface area contributed by atoms with Crippen LogP contribution < -0.4 is 4.74 Å². The standard InChI is InChI=1S/C11H8ClIN2O/c1-16-10-6-7(13)2-3-8(10)9-4-5-14-11(12)15-9/h2-6H,1H3. The number of ether oxygens (including phenoxy) is 1. The van der Waals surface area contributed by atoms with Crippen LogP contribution in [-0.2, 0) is 0 Å². The number of hydrogen-bond acceptors (Lipinski definition) is 3. The fourth-order valence-corrected chi connectivity index (χ4v) is 1.97. The Balaban J connectivity index is 2.55. The molecule has 0 aliphatic rings. The fourth-order valence-electron chi connectivity index (χ4n) is 1.36. The van der Waals surface area contributed by atoms with Crippen molar-refractivity contribution in [1.29, 1.82) is 0 Å². The second kappa shape index (κ2) is 4.97. The van der Waals surface area contributed by atoms with Gasteiger partial charge in [-0.3, -0.25) is 0 Å². The van der Waals surface area contributed by atoms with Gasteiger partial charge in [0.2, 0.25) is 5.28 Å². The van der Waals surface area contributed by atoms with Crippen LogP contribution in [0.5, 0.6) is 5.75 Å². The van der Waals surface area contributed by atoms with Gasteiger partial charge in [0.25, 0.3) is 0 Å². The van der Waals surface area contributed by atoms with E-state index in [2.05, 4.69) is 32.6 Å². The number of hydrogen-bond donors (Lipinski definition) is 0. The van der Waals surface area contributed by atoms with E-state index in [1.165, 1.54) is 0 Å². The maximum absolute atomic E-state index is 5.76. The van der Waals surface area contributed by atoms with Crippen LogP contribution in [0.25, 0.3) is 11.3 Å². The molecule has 1 aromatic carbocycles. The van der Waals surface area contributed by atoms with Crippen molar-refractivity contribution in [1.82, 2.24) is 9.97 Å². The summed E-state index contributed by atoms with van der Waals surface area (Å²) in [6, 6.07) is 7.70. The van der Waals surface area contributed by atoms with Gasteiger partial charge in [-0.15, -0.1) is 0 Å². The monoisotopic (exact) mass is 346 g/mol. The molecule has 0 saturated heterocycles. The Bertz CT molecular complexity index is 519. The van der Waals surface area contributed by atoms with Gasteiger partial charge in [0.1, 0.15) is 5.75 Å². The topological polar surface area (TPSA) is 35.0 Å². The molecule has 0 atom stereocenters. The second-order valence-corrected chi connectivity index (χ2v) is 4.64. The molecule has 0 radical (unpaired) electrons. The van der Waals surface area contributed by atoms with Crippen molar-refractivity contribution in [2.45, 2.75) is 0 Å². The Labute approximate surface area is 112 Å². The van der Waals surface area contributed by atoms with Gasteiger partial charge in [-0.25, -0.2) is 9.97 Å². The molecule has 0 bridgehead atoms. The van der Waals surface area contributed by atoms with E-state index in [4.69, 9.17) is 16.3 Å². The molecular formula is C11H8ClIN2O. The van der Waals surface area contributed by atoms with Crippen molar-refractivity contribution in [2.75, 3.05) is 7.11 Å². The lowest BCUT2D eigenvalue weighted by atomic mass is 10.1. The van der Waals surface area contributed by atoms with E-state index in [1.54, 1.807) is 19.4 Å². The predicted octanol–water partition coefficient (Wildman–Crippen LogP) is 3.41. The van der Waals surface area contributed by atoms with Crippen LogP contribution in [0.1, 0.15) is 0 Å². The molecule has 0 fully saturated rings. The van der Waals surface area contributed by atoms with Gasteiger partial charge in [0, 0.05) is 15.3 Å². The normalized spacial score (nSPS) is 10.2. The molecule has 1 heterocycles. The largest absolute Gasteiger partial charge is 0.496 e. The maximum atomic E-state index is 5.76. The third-order valence-corrected chi connectivity index (χ3v) is 2.92. The molecular weight excluding hydrogens is 338 g/mol. The van der Waals surface area contributed by atoms with Gasteiger partial charge >= 0.3 is 0 Å². The molecule has 0 aliphatic heterocycles. The van der Waals surface area contributed by atoms with Crippen LogP contribution >= 0.6 is 34.2 Å². The van der Waals surface area contributed by atoms with Crippen molar-refractivity contribution in [3.63, 3.8) is 0 Å². The van der Waals surface area contributed by atoms with Crippen molar-refractivity contribution in [2.24, 2.45) is 0 Å². The minimum atomic E-state index is 0.234. The smallest absolute Gasteiger partial charge is 0.222 e. The molecule has 2 aromatic rings. The molecule has 0 aliphatic carbocycles. The third kappa shape index (κ3) is 2.44. The number of halogens is 2. The Hall–Kier alpha value is -0.880. The summed E-state index contributed by atoms with van der Waals surface area (Å²) in [5.41, 5.74) is 1.67. The van der Waals surface area contributed by atoms with Crippen LogP contribution in [0.15, 0.2) is 30.5 Å². The molecule has 0 N–H and O–H groups in total. The van der Waals surface area contributed by atoms with Gasteiger partial charge in [-0.2, -0.15) is 0 Å². The summed E-state index contributed by atoms with van der Waals surface area (Å²) in [6.45, 7) is 0. The second-order valence-electron chi connectivity index (χ2n) is 3.06. The van der Waals surface area contributed by atoms with Crippen molar-refractivity contribution >= 4 is 34.2 Å². The van der Waals surface area contributed by atoms with E-state index in [9.17, 15) is 0 Å². The molecule has 2 rings (SSSR count). The molecule has 16 heavy (non-hydrogen) atoms. The van der Waals surface area contributed by atoms with Crippen molar-refractivity contribution in [3.8, 4) is 17.0 Å². The molecule has 3 nitrogen and oxygen atoms in total. The number of nitrogens with zero attached hydrogens (tertiary/aromatic N) is 2. The summed E-state index contributed by atoms with van der Waals surface area (Å²) in [5.74, 6) is 0.779. The highest BCUT2D eigenvalue weighted by atomic mass is 127. The lowest BCUT2D eigenvalue weighted by molar-refractivity contribution is 0.416. The van der Waals surface area contributed by atoms with E-state index in [-0.39, 0.29) is 5.28 Å². The highest BCUT2D eigenvalue weighted by Gasteiger charge is 2.08. The summed E-state index contributed by atoms with van der Waals surface area (Å²) in [5, 5.41) is 0.234. The van der Waals surface area contributed by atoms with Crippen molar-refractivity contribution in [3.05, 3.63) is 39.3 Å². The summed E-state index contributed by atoms with van der Waals surface area (Å²) >= 11 is 7.99. The Kier molecular flexibility index (Phi) is 3.60. The minimum Gasteiger partial charge on any atom is -0.496 e. The molecule has 82 valence electrons. The average Bonchev–Trinajstić information content (AvgIpc) is 2.28. The third-order valence-electron chi connectivity index (χ3n) is 2.07. The molecule has 0 amide bonds. The quantitative estimate of drug-likeness (QED) is 0.617. The van der Waals surface area contributed by atoms with Crippen molar-refractivity contribution < 1.29 is 4.74 Å². The zero-order valence-corrected chi connectivity index (χ0v) is 11.4. The Morgan fingerprint density at radius 1 is 1.31 bits per heavy atom. The lowest BCUT2D eigenvalue weighted by Gasteiger charge is -2.08.